The molecule has 2 aromatic rings. The first-order valence-corrected chi connectivity index (χ1v) is 9.43. The molecule has 0 unspecified atom stereocenters. The van der Waals surface area contributed by atoms with Gasteiger partial charge in [0.25, 0.3) is 5.91 Å². The third kappa shape index (κ3) is 5.97. The van der Waals surface area contributed by atoms with Gasteiger partial charge in [-0.1, -0.05) is 40.1 Å². The van der Waals surface area contributed by atoms with Crippen LogP contribution in [0.15, 0.2) is 46.7 Å². The fraction of sp³-hybridized carbons (Fsp3) is 0.286. The second kappa shape index (κ2) is 10.3. The molecule has 0 heterocycles. The Balaban J connectivity index is 2.33. The molecule has 166 valence electrons. The SMILES string of the molecule is CNC(=O)/C(=N/OC)c1cccc(C)c1CO/N=C(\C)c1cc(C(F)(F)F)ccc1Cl. The van der Waals surface area contributed by atoms with Crippen molar-refractivity contribution >= 4 is 28.9 Å². The van der Waals surface area contributed by atoms with Gasteiger partial charge in [-0.05, 0) is 37.6 Å². The minimum atomic E-state index is -4.51. The molecular weight excluding hydrogens is 435 g/mol. The van der Waals surface area contributed by atoms with E-state index in [1.807, 2.05) is 13.0 Å². The summed E-state index contributed by atoms with van der Waals surface area (Å²) in [6.07, 6.45) is -4.51. The molecule has 1 amide bonds. The van der Waals surface area contributed by atoms with E-state index >= 15 is 0 Å². The molecule has 2 aromatic carbocycles. The molecule has 0 spiro atoms. The van der Waals surface area contributed by atoms with Gasteiger partial charge in [0, 0.05) is 28.8 Å². The first-order chi connectivity index (χ1) is 14.6. The molecule has 0 radical (unpaired) electrons. The highest BCUT2D eigenvalue weighted by Gasteiger charge is 2.31. The third-order valence-corrected chi connectivity index (χ3v) is 4.71. The summed E-state index contributed by atoms with van der Waals surface area (Å²) in [5, 5.41) is 10.3. The Labute approximate surface area is 182 Å². The van der Waals surface area contributed by atoms with Gasteiger partial charge in [-0.2, -0.15) is 13.2 Å². The molecule has 10 heteroatoms. The fourth-order valence-corrected chi connectivity index (χ4v) is 3.01. The Bertz CT molecular complexity index is 1020. The Morgan fingerprint density at radius 2 is 1.87 bits per heavy atom. The topological polar surface area (TPSA) is 72.3 Å². The second-order valence-electron chi connectivity index (χ2n) is 6.45. The number of amides is 1. The van der Waals surface area contributed by atoms with E-state index < -0.39 is 17.6 Å². The maximum atomic E-state index is 13.0. The van der Waals surface area contributed by atoms with Crippen LogP contribution in [-0.4, -0.2) is 31.5 Å². The van der Waals surface area contributed by atoms with Gasteiger partial charge in [-0.3, -0.25) is 4.79 Å². The average Bonchev–Trinajstić information content (AvgIpc) is 2.72. The van der Waals surface area contributed by atoms with Crippen LogP contribution >= 0.6 is 11.6 Å². The Morgan fingerprint density at radius 3 is 2.48 bits per heavy atom. The maximum Gasteiger partial charge on any atom is 0.416 e. The van der Waals surface area contributed by atoms with Crippen molar-refractivity contribution in [3.63, 3.8) is 0 Å². The van der Waals surface area contributed by atoms with E-state index in [0.717, 1.165) is 23.8 Å². The van der Waals surface area contributed by atoms with Crippen LogP contribution in [-0.2, 0) is 27.3 Å². The summed E-state index contributed by atoms with van der Waals surface area (Å²) in [5.74, 6) is -0.455. The summed E-state index contributed by atoms with van der Waals surface area (Å²) in [6.45, 7) is 3.24. The standard InChI is InChI=1S/C21H21ClF3N3O3/c1-12-6-5-7-15(19(28-30-4)20(29)26-3)17(12)11-31-27-13(2)16-10-14(21(23,24)25)8-9-18(16)22/h5-10H,11H2,1-4H3,(H,26,29)/b27-13+,28-19+. The minimum Gasteiger partial charge on any atom is -0.398 e. The molecular formula is C21H21ClF3N3O3. The number of alkyl halides is 3. The number of rotatable bonds is 7. The molecule has 0 aliphatic heterocycles. The van der Waals surface area contributed by atoms with Crippen LogP contribution in [0.25, 0.3) is 0 Å². The number of likely N-dealkylation sites (N-methyl/N-ethyl adjacent to an activating group) is 1. The summed E-state index contributed by atoms with van der Waals surface area (Å²) < 4.78 is 39.0. The quantitative estimate of drug-likeness (QED) is 0.485. The molecule has 31 heavy (non-hydrogen) atoms. The number of aryl methyl sites for hydroxylation is 1. The highest BCUT2D eigenvalue weighted by Crippen LogP contribution is 2.32. The number of nitrogens with zero attached hydrogens (tertiary/aromatic N) is 2. The smallest absolute Gasteiger partial charge is 0.398 e. The molecule has 0 fully saturated rings. The van der Waals surface area contributed by atoms with Gasteiger partial charge in [0.2, 0.25) is 0 Å². The van der Waals surface area contributed by atoms with Gasteiger partial charge in [0.05, 0.1) is 11.3 Å². The lowest BCUT2D eigenvalue weighted by atomic mass is 9.98. The van der Waals surface area contributed by atoms with Crippen LogP contribution in [0.4, 0.5) is 13.2 Å². The number of nitrogens with one attached hydrogen (secondary N) is 1. The van der Waals surface area contributed by atoms with Crippen molar-refractivity contribution in [3.05, 3.63) is 69.2 Å². The molecule has 0 saturated carbocycles. The van der Waals surface area contributed by atoms with E-state index in [0.29, 0.717) is 11.1 Å². The Kier molecular flexibility index (Phi) is 8.04. The van der Waals surface area contributed by atoms with Gasteiger partial charge in [0.1, 0.15) is 13.7 Å². The van der Waals surface area contributed by atoms with Gasteiger partial charge in [-0.25, -0.2) is 0 Å². The predicted octanol–water partition coefficient (Wildman–Crippen LogP) is 4.70. The first kappa shape index (κ1) is 24.2. The zero-order chi connectivity index (χ0) is 23.2. The number of carbonyl (C=O) groups excluding carboxylic acids is 1. The van der Waals surface area contributed by atoms with Crippen LogP contribution in [0, 0.1) is 6.92 Å². The van der Waals surface area contributed by atoms with E-state index in [4.69, 9.17) is 21.3 Å². The molecule has 2 rings (SSSR count). The van der Waals surface area contributed by atoms with Crippen molar-refractivity contribution in [2.75, 3.05) is 14.2 Å². The van der Waals surface area contributed by atoms with Crippen LogP contribution < -0.4 is 5.32 Å². The van der Waals surface area contributed by atoms with E-state index in [-0.39, 0.29) is 28.6 Å². The molecule has 0 aliphatic rings. The largest absolute Gasteiger partial charge is 0.416 e. The lowest BCUT2D eigenvalue weighted by Gasteiger charge is -2.13. The number of oxime groups is 2. The second-order valence-corrected chi connectivity index (χ2v) is 6.85. The van der Waals surface area contributed by atoms with Crippen molar-refractivity contribution in [1.29, 1.82) is 0 Å². The van der Waals surface area contributed by atoms with Crippen LogP contribution in [0.2, 0.25) is 5.02 Å². The summed E-state index contributed by atoms with van der Waals surface area (Å²) in [5.41, 5.74) is 1.38. The summed E-state index contributed by atoms with van der Waals surface area (Å²) in [6, 6.07) is 8.22. The number of halogens is 4. The van der Waals surface area contributed by atoms with Crippen LogP contribution in [0.1, 0.15) is 34.7 Å². The van der Waals surface area contributed by atoms with Crippen molar-refractivity contribution in [3.8, 4) is 0 Å². The fourth-order valence-electron chi connectivity index (χ4n) is 2.76. The Morgan fingerprint density at radius 1 is 1.16 bits per heavy atom. The molecule has 0 bridgehead atoms. The average molecular weight is 456 g/mol. The predicted molar refractivity (Wildman–Crippen MR) is 112 cm³/mol. The lowest BCUT2D eigenvalue weighted by Crippen LogP contribution is -2.29. The Hall–Kier alpha value is -3.07. The minimum absolute atomic E-state index is 0.0499. The third-order valence-electron chi connectivity index (χ3n) is 4.38. The normalized spacial score (nSPS) is 12.5. The molecule has 0 saturated heterocycles. The van der Waals surface area contributed by atoms with E-state index in [1.54, 1.807) is 12.1 Å². The van der Waals surface area contributed by atoms with Gasteiger partial charge in [0.15, 0.2) is 5.71 Å². The molecule has 0 aromatic heterocycles. The number of carbonyl (C=O) groups is 1. The van der Waals surface area contributed by atoms with Gasteiger partial charge < -0.3 is 15.0 Å². The summed E-state index contributed by atoms with van der Waals surface area (Å²) >= 11 is 6.04. The van der Waals surface area contributed by atoms with Crippen molar-refractivity contribution in [2.24, 2.45) is 10.3 Å². The van der Waals surface area contributed by atoms with E-state index in [2.05, 4.69) is 15.6 Å². The zero-order valence-electron chi connectivity index (χ0n) is 17.3. The highest BCUT2D eigenvalue weighted by atomic mass is 35.5. The summed E-state index contributed by atoms with van der Waals surface area (Å²) in [7, 11) is 2.79. The molecule has 0 atom stereocenters. The van der Waals surface area contributed by atoms with Crippen LogP contribution in [0.5, 0.6) is 0 Å². The summed E-state index contributed by atoms with van der Waals surface area (Å²) in [4.78, 5) is 22.4. The van der Waals surface area contributed by atoms with Gasteiger partial charge >= 0.3 is 6.18 Å². The monoisotopic (exact) mass is 455 g/mol. The number of hydrogen-bond acceptors (Lipinski definition) is 5. The maximum absolute atomic E-state index is 13.0. The molecule has 6 nitrogen and oxygen atoms in total. The lowest BCUT2D eigenvalue weighted by molar-refractivity contribution is -0.137. The van der Waals surface area contributed by atoms with Crippen molar-refractivity contribution in [2.45, 2.75) is 26.6 Å². The van der Waals surface area contributed by atoms with Crippen LogP contribution in [0.3, 0.4) is 0 Å². The van der Waals surface area contributed by atoms with E-state index in [9.17, 15) is 18.0 Å². The number of hydrogen-bond donors (Lipinski definition) is 1. The molecule has 1 N–H and O–H groups in total. The van der Waals surface area contributed by atoms with E-state index in [1.165, 1.54) is 21.1 Å². The highest BCUT2D eigenvalue weighted by molar-refractivity contribution is 6.45. The van der Waals surface area contributed by atoms with Gasteiger partial charge in [-0.15, -0.1) is 0 Å². The van der Waals surface area contributed by atoms with Crippen molar-refractivity contribution < 1.29 is 27.6 Å². The zero-order valence-corrected chi connectivity index (χ0v) is 18.1. The number of benzene rings is 2. The first-order valence-electron chi connectivity index (χ1n) is 9.05. The molecule has 0 aliphatic carbocycles. The van der Waals surface area contributed by atoms with Crippen molar-refractivity contribution in [1.82, 2.24) is 5.32 Å².